The molecule has 1 aromatic carbocycles. The Morgan fingerprint density at radius 3 is 2.31 bits per heavy atom. The first kappa shape index (κ1) is 13.9. The summed E-state index contributed by atoms with van der Waals surface area (Å²) in [6, 6.07) is 9.83. The minimum Gasteiger partial charge on any atom is -0.389 e. The predicted octanol–water partition coefficient (Wildman–Crippen LogP) is 3.81. The molecule has 1 radical (unpaired) electrons. The molecule has 0 fully saturated rings. The Kier molecular flexibility index (Phi) is 4.02. The maximum absolute atomic E-state index is 3.33. The molecule has 0 aliphatic heterocycles. The quantitative estimate of drug-likeness (QED) is 0.650. The topological polar surface area (TPSA) is 4.93 Å². The second kappa shape index (κ2) is 4.62. The average Bonchev–Trinajstić information content (AvgIpc) is 2.38. The van der Waals surface area contributed by atoms with Gasteiger partial charge in [-0.2, -0.15) is 0 Å². The van der Waals surface area contributed by atoms with Crippen LogP contribution < -0.4 is 0 Å². The molecule has 1 aromatic heterocycles. The first-order valence-electron chi connectivity index (χ1n) is 5.40. The van der Waals surface area contributed by atoms with E-state index in [1.54, 1.807) is 0 Å². The molecule has 0 aliphatic carbocycles. The van der Waals surface area contributed by atoms with Crippen molar-refractivity contribution in [3.63, 3.8) is 0 Å². The Hall–Kier alpha value is -0.136. The zero-order valence-corrected chi connectivity index (χ0v) is 13.6. The standard InChI is InChI=1S/C14H18N.Y/c1-10-6-7-12-9-11(2)15(13(12)8-10)14(3,4)5;/h6,8-9H,1-5H3;/q-1;. The molecule has 83 valence electrons. The van der Waals surface area contributed by atoms with Crippen molar-refractivity contribution in [2.45, 2.75) is 40.2 Å². The fourth-order valence-electron chi connectivity index (χ4n) is 2.26. The third-order valence-corrected chi connectivity index (χ3v) is 2.71. The van der Waals surface area contributed by atoms with Gasteiger partial charge < -0.3 is 4.57 Å². The van der Waals surface area contributed by atoms with Crippen LogP contribution in [-0.2, 0) is 38.2 Å². The molecule has 0 saturated heterocycles. The van der Waals surface area contributed by atoms with Crippen molar-refractivity contribution in [1.82, 2.24) is 4.57 Å². The summed E-state index contributed by atoms with van der Waals surface area (Å²) in [5.74, 6) is 0. The fourth-order valence-corrected chi connectivity index (χ4v) is 2.26. The van der Waals surface area contributed by atoms with E-state index in [-0.39, 0.29) is 38.2 Å². The summed E-state index contributed by atoms with van der Waals surface area (Å²) < 4.78 is 2.38. The van der Waals surface area contributed by atoms with Gasteiger partial charge in [-0.15, -0.1) is 35.2 Å². The average molecular weight is 289 g/mol. The van der Waals surface area contributed by atoms with Gasteiger partial charge in [0, 0.05) is 38.2 Å². The SMILES string of the molecule is Cc1c[c-]c2cc(C)n(C(C)(C)C)c2c1.[Y]. The summed E-state index contributed by atoms with van der Waals surface area (Å²) in [6.45, 7) is 11.0. The normalized spacial score (nSPS) is 11.6. The number of rotatable bonds is 0. The van der Waals surface area contributed by atoms with Crippen molar-refractivity contribution in [2.24, 2.45) is 0 Å². The Morgan fingerprint density at radius 1 is 1.12 bits per heavy atom. The second-order valence-corrected chi connectivity index (χ2v) is 5.27. The summed E-state index contributed by atoms with van der Waals surface area (Å²) in [4.78, 5) is 0. The van der Waals surface area contributed by atoms with Crippen LogP contribution in [0.5, 0.6) is 0 Å². The molecule has 0 spiro atoms. The molecular formula is C14H18NY-. The number of hydrogen-bond acceptors (Lipinski definition) is 0. The molecule has 2 rings (SSSR count). The van der Waals surface area contributed by atoms with Crippen LogP contribution in [0.4, 0.5) is 0 Å². The van der Waals surface area contributed by atoms with Crippen LogP contribution in [0, 0.1) is 19.9 Å². The summed E-state index contributed by atoms with van der Waals surface area (Å²) >= 11 is 0. The van der Waals surface area contributed by atoms with E-state index in [0.29, 0.717) is 0 Å². The van der Waals surface area contributed by atoms with E-state index < -0.39 is 0 Å². The van der Waals surface area contributed by atoms with Crippen molar-refractivity contribution >= 4 is 10.9 Å². The van der Waals surface area contributed by atoms with Gasteiger partial charge in [0.05, 0.1) is 0 Å². The summed E-state index contributed by atoms with van der Waals surface area (Å²) in [5, 5.41) is 1.22. The van der Waals surface area contributed by atoms with Crippen LogP contribution in [-0.4, -0.2) is 4.57 Å². The Balaban J connectivity index is 0.00000128. The van der Waals surface area contributed by atoms with E-state index in [0.717, 1.165) is 0 Å². The zero-order valence-electron chi connectivity index (χ0n) is 10.8. The molecule has 0 saturated carbocycles. The number of aryl methyl sites for hydroxylation is 2. The monoisotopic (exact) mass is 289 g/mol. The maximum atomic E-state index is 3.33. The molecule has 0 amide bonds. The van der Waals surface area contributed by atoms with Crippen LogP contribution >= 0.6 is 0 Å². The molecule has 0 unspecified atom stereocenters. The largest absolute Gasteiger partial charge is 0.389 e. The molecule has 16 heavy (non-hydrogen) atoms. The van der Waals surface area contributed by atoms with Crippen LogP contribution in [0.1, 0.15) is 32.0 Å². The first-order chi connectivity index (χ1) is 6.89. The van der Waals surface area contributed by atoms with Crippen LogP contribution in [0.25, 0.3) is 10.9 Å². The molecule has 2 heteroatoms. The van der Waals surface area contributed by atoms with Gasteiger partial charge in [-0.1, -0.05) is 6.92 Å². The first-order valence-corrected chi connectivity index (χ1v) is 5.40. The summed E-state index contributed by atoms with van der Waals surface area (Å²) in [6.07, 6.45) is 0. The van der Waals surface area contributed by atoms with Gasteiger partial charge >= 0.3 is 0 Å². The van der Waals surface area contributed by atoms with Crippen molar-refractivity contribution < 1.29 is 32.7 Å². The van der Waals surface area contributed by atoms with E-state index in [4.69, 9.17) is 0 Å². The number of fused-ring (bicyclic) bond motifs is 1. The molecule has 0 bridgehead atoms. The van der Waals surface area contributed by atoms with E-state index in [1.807, 2.05) is 0 Å². The number of nitrogens with zero attached hydrogens (tertiary/aromatic N) is 1. The molecule has 1 nitrogen and oxygen atoms in total. The Morgan fingerprint density at radius 2 is 1.75 bits per heavy atom. The predicted molar refractivity (Wildman–Crippen MR) is 65.2 cm³/mol. The molecule has 2 aromatic rings. The van der Waals surface area contributed by atoms with E-state index >= 15 is 0 Å². The number of hydrogen-bond donors (Lipinski definition) is 0. The van der Waals surface area contributed by atoms with E-state index in [2.05, 4.69) is 63.5 Å². The molecule has 1 heterocycles. The Labute approximate surface area is 123 Å². The molecule has 0 atom stereocenters. The maximum Gasteiger partial charge on any atom is 0.0268 e. The number of aromatic nitrogens is 1. The van der Waals surface area contributed by atoms with Gasteiger partial charge in [0.15, 0.2) is 0 Å². The molecule has 0 aliphatic rings. The molecular weight excluding hydrogens is 271 g/mol. The molecule has 0 N–H and O–H groups in total. The van der Waals surface area contributed by atoms with Gasteiger partial charge in [0.2, 0.25) is 0 Å². The van der Waals surface area contributed by atoms with Crippen LogP contribution in [0.15, 0.2) is 18.2 Å². The van der Waals surface area contributed by atoms with Gasteiger partial charge in [-0.3, -0.25) is 0 Å². The minimum atomic E-state index is 0. The van der Waals surface area contributed by atoms with Crippen LogP contribution in [0.3, 0.4) is 0 Å². The van der Waals surface area contributed by atoms with Crippen LogP contribution in [0.2, 0.25) is 0 Å². The summed E-state index contributed by atoms with van der Waals surface area (Å²) in [5.41, 5.74) is 4.00. The van der Waals surface area contributed by atoms with Gasteiger partial charge in [0.1, 0.15) is 0 Å². The number of benzene rings is 1. The van der Waals surface area contributed by atoms with Crippen molar-refractivity contribution in [1.29, 1.82) is 0 Å². The van der Waals surface area contributed by atoms with Crippen molar-refractivity contribution in [3.8, 4) is 0 Å². The third-order valence-electron chi connectivity index (χ3n) is 2.71. The van der Waals surface area contributed by atoms with E-state index in [1.165, 1.54) is 22.2 Å². The second-order valence-electron chi connectivity index (χ2n) is 5.27. The van der Waals surface area contributed by atoms with E-state index in [9.17, 15) is 0 Å². The zero-order chi connectivity index (χ0) is 11.2. The van der Waals surface area contributed by atoms with Gasteiger partial charge in [-0.25, -0.2) is 0 Å². The van der Waals surface area contributed by atoms with Gasteiger partial charge in [0.25, 0.3) is 0 Å². The summed E-state index contributed by atoms with van der Waals surface area (Å²) in [7, 11) is 0. The third kappa shape index (κ3) is 2.41. The van der Waals surface area contributed by atoms with Gasteiger partial charge in [-0.05, 0) is 38.9 Å². The fraction of sp³-hybridized carbons (Fsp3) is 0.429. The minimum absolute atomic E-state index is 0. The van der Waals surface area contributed by atoms with Crippen molar-refractivity contribution in [3.05, 3.63) is 35.5 Å². The smallest absolute Gasteiger partial charge is 0.0268 e. The Bertz CT molecular complexity index is 503. The van der Waals surface area contributed by atoms with Crippen molar-refractivity contribution in [2.75, 3.05) is 0 Å².